The van der Waals surface area contributed by atoms with Crippen molar-refractivity contribution in [3.63, 3.8) is 0 Å². The molecule has 0 aromatic heterocycles. The predicted molar refractivity (Wildman–Crippen MR) is 146 cm³/mol. The minimum atomic E-state index is -0.211. The molecule has 192 valence electrons. The van der Waals surface area contributed by atoms with E-state index in [9.17, 15) is 4.79 Å². The number of rotatable bonds is 8. The Bertz CT molecular complexity index is 1370. The Labute approximate surface area is 223 Å². The average molecular weight is 506 g/mol. The van der Waals surface area contributed by atoms with Crippen LogP contribution in [-0.2, 0) is 28.8 Å². The maximum atomic E-state index is 12.9. The minimum absolute atomic E-state index is 0.0804. The van der Waals surface area contributed by atoms with Crippen LogP contribution in [-0.4, -0.2) is 30.8 Å². The van der Waals surface area contributed by atoms with Gasteiger partial charge in [-0.05, 0) is 52.8 Å². The van der Waals surface area contributed by atoms with Crippen molar-refractivity contribution in [1.82, 2.24) is 4.90 Å². The predicted octanol–water partition coefficient (Wildman–Crippen LogP) is 6.08. The highest BCUT2D eigenvalue weighted by Crippen LogP contribution is 2.44. The molecular formula is C33H31NO4. The molecule has 0 spiro atoms. The molecule has 5 nitrogen and oxygen atoms in total. The van der Waals surface area contributed by atoms with Crippen LogP contribution in [0.25, 0.3) is 0 Å². The molecule has 0 unspecified atom stereocenters. The van der Waals surface area contributed by atoms with Gasteiger partial charge in [-0.2, -0.15) is 0 Å². The zero-order valence-electron chi connectivity index (χ0n) is 21.3. The van der Waals surface area contributed by atoms with Crippen LogP contribution in [0.3, 0.4) is 0 Å². The van der Waals surface area contributed by atoms with Crippen LogP contribution < -0.4 is 9.47 Å². The van der Waals surface area contributed by atoms with E-state index in [4.69, 9.17) is 14.2 Å². The summed E-state index contributed by atoms with van der Waals surface area (Å²) in [5.41, 5.74) is 5.90. The summed E-state index contributed by atoms with van der Waals surface area (Å²) in [6, 6.07) is 35.0. The molecule has 0 fully saturated rings. The van der Waals surface area contributed by atoms with Crippen molar-refractivity contribution < 1.29 is 19.0 Å². The average Bonchev–Trinajstić information content (AvgIpc) is 3.42. The van der Waals surface area contributed by atoms with Crippen molar-refractivity contribution in [2.75, 3.05) is 19.9 Å². The Kier molecular flexibility index (Phi) is 7.10. The second kappa shape index (κ2) is 11.1. The summed E-state index contributed by atoms with van der Waals surface area (Å²) in [5, 5.41) is 0. The maximum Gasteiger partial charge on any atom is 0.310 e. The van der Waals surface area contributed by atoms with Gasteiger partial charge in [-0.15, -0.1) is 0 Å². The number of esters is 1. The van der Waals surface area contributed by atoms with Crippen molar-refractivity contribution in [2.45, 2.75) is 31.3 Å². The minimum Gasteiger partial charge on any atom is -0.463 e. The lowest BCUT2D eigenvalue weighted by atomic mass is 9.86. The smallest absolute Gasteiger partial charge is 0.310 e. The second-order valence-corrected chi connectivity index (χ2v) is 9.87. The van der Waals surface area contributed by atoms with Gasteiger partial charge in [0.15, 0.2) is 11.5 Å². The molecule has 2 aliphatic rings. The lowest BCUT2D eigenvalue weighted by Crippen LogP contribution is -2.41. The van der Waals surface area contributed by atoms with Crippen molar-refractivity contribution in [2.24, 2.45) is 0 Å². The van der Waals surface area contributed by atoms with E-state index >= 15 is 0 Å². The van der Waals surface area contributed by atoms with Crippen LogP contribution in [0, 0.1) is 0 Å². The van der Waals surface area contributed by atoms with Crippen LogP contribution in [0.2, 0.25) is 0 Å². The number of fused-ring (bicyclic) bond motifs is 2. The summed E-state index contributed by atoms with van der Waals surface area (Å²) in [5.74, 6) is 1.41. The molecule has 4 aromatic carbocycles. The first-order valence-corrected chi connectivity index (χ1v) is 13.2. The fraction of sp³-hybridized carbons (Fsp3) is 0.242. The Morgan fingerprint density at radius 1 is 0.842 bits per heavy atom. The number of hydrogen-bond donors (Lipinski definition) is 0. The molecule has 0 bridgehead atoms. The zero-order chi connectivity index (χ0) is 25.7. The third-order valence-corrected chi connectivity index (χ3v) is 7.48. The SMILES string of the molecule is O=C(Cc1ccccc1)OC[C@H](c1ccccc1)N1CCc2cc3c(cc2[C@@H]1Cc1ccccc1)OCO3. The number of benzene rings is 4. The van der Waals surface area contributed by atoms with Gasteiger partial charge in [0.25, 0.3) is 0 Å². The van der Waals surface area contributed by atoms with E-state index < -0.39 is 0 Å². The lowest BCUT2D eigenvalue weighted by Gasteiger charge is -2.42. The van der Waals surface area contributed by atoms with Gasteiger partial charge in [-0.3, -0.25) is 9.69 Å². The van der Waals surface area contributed by atoms with Gasteiger partial charge in [0, 0.05) is 12.6 Å². The van der Waals surface area contributed by atoms with E-state index in [0.717, 1.165) is 42.0 Å². The first-order chi connectivity index (χ1) is 18.7. The number of ether oxygens (including phenoxy) is 3. The van der Waals surface area contributed by atoms with Crippen LogP contribution in [0.4, 0.5) is 0 Å². The second-order valence-electron chi connectivity index (χ2n) is 9.87. The fourth-order valence-corrected chi connectivity index (χ4v) is 5.59. The summed E-state index contributed by atoms with van der Waals surface area (Å²) in [6.07, 6.45) is 2.00. The topological polar surface area (TPSA) is 48.0 Å². The number of carbonyl (C=O) groups is 1. The van der Waals surface area contributed by atoms with Gasteiger partial charge >= 0.3 is 5.97 Å². The summed E-state index contributed by atoms with van der Waals surface area (Å²) >= 11 is 0. The lowest BCUT2D eigenvalue weighted by molar-refractivity contribution is -0.145. The van der Waals surface area contributed by atoms with Crippen molar-refractivity contribution in [3.05, 3.63) is 131 Å². The van der Waals surface area contributed by atoms with Crippen molar-refractivity contribution >= 4 is 5.97 Å². The van der Waals surface area contributed by atoms with E-state index in [1.165, 1.54) is 16.7 Å². The summed E-state index contributed by atoms with van der Waals surface area (Å²) < 4.78 is 17.4. The van der Waals surface area contributed by atoms with Gasteiger partial charge in [0.1, 0.15) is 6.61 Å². The Balaban J connectivity index is 1.32. The molecule has 0 N–H and O–H groups in total. The van der Waals surface area contributed by atoms with Crippen LogP contribution >= 0.6 is 0 Å². The van der Waals surface area contributed by atoms with Gasteiger partial charge in [0.2, 0.25) is 6.79 Å². The van der Waals surface area contributed by atoms with Crippen molar-refractivity contribution in [3.8, 4) is 11.5 Å². The summed E-state index contributed by atoms with van der Waals surface area (Å²) in [4.78, 5) is 15.4. The van der Waals surface area contributed by atoms with Gasteiger partial charge in [-0.25, -0.2) is 0 Å². The molecular weight excluding hydrogens is 474 g/mol. The first-order valence-electron chi connectivity index (χ1n) is 13.2. The van der Waals surface area contributed by atoms with Crippen LogP contribution in [0.15, 0.2) is 103 Å². The van der Waals surface area contributed by atoms with Crippen LogP contribution in [0.1, 0.15) is 39.9 Å². The molecule has 0 radical (unpaired) electrons. The molecule has 0 aliphatic carbocycles. The maximum absolute atomic E-state index is 12.9. The number of nitrogens with zero attached hydrogens (tertiary/aromatic N) is 1. The van der Waals surface area contributed by atoms with Crippen molar-refractivity contribution in [1.29, 1.82) is 0 Å². The molecule has 4 aromatic rings. The molecule has 0 amide bonds. The van der Waals surface area contributed by atoms with Gasteiger partial charge in [-0.1, -0.05) is 91.0 Å². The summed E-state index contributed by atoms with van der Waals surface area (Å²) in [6.45, 7) is 1.40. The Hall–Kier alpha value is -4.09. The third kappa shape index (κ3) is 5.29. The molecule has 0 saturated carbocycles. The largest absolute Gasteiger partial charge is 0.463 e. The highest BCUT2D eigenvalue weighted by atomic mass is 16.7. The highest BCUT2D eigenvalue weighted by molar-refractivity contribution is 5.72. The molecule has 38 heavy (non-hydrogen) atoms. The van der Waals surface area contributed by atoms with E-state index in [1.807, 2.05) is 42.5 Å². The molecule has 2 aliphatic heterocycles. The Morgan fingerprint density at radius 2 is 1.47 bits per heavy atom. The third-order valence-electron chi connectivity index (χ3n) is 7.48. The van der Waals surface area contributed by atoms with Gasteiger partial charge in [0.05, 0.1) is 12.5 Å². The fourth-order valence-electron chi connectivity index (χ4n) is 5.59. The van der Waals surface area contributed by atoms with E-state index in [1.54, 1.807) is 0 Å². The molecule has 2 heterocycles. The number of hydrogen-bond acceptors (Lipinski definition) is 5. The monoisotopic (exact) mass is 505 g/mol. The highest BCUT2D eigenvalue weighted by Gasteiger charge is 2.35. The van der Waals surface area contributed by atoms with Gasteiger partial charge < -0.3 is 14.2 Å². The standard InChI is InChI=1S/C33H31NO4/c35-33(19-25-12-6-2-7-13-25)36-22-30(26-14-8-3-9-15-26)34-17-16-27-20-31-32(38-23-37-31)21-28(27)29(34)18-24-10-4-1-5-11-24/h1-15,20-21,29-30H,16-19,22-23H2/t29-,30+/m0/s1. The molecule has 2 atom stereocenters. The number of carbonyl (C=O) groups excluding carboxylic acids is 1. The van der Waals surface area contributed by atoms with E-state index in [0.29, 0.717) is 6.61 Å². The Morgan fingerprint density at radius 3 is 2.18 bits per heavy atom. The quantitative estimate of drug-likeness (QED) is 0.272. The molecule has 5 heteroatoms. The zero-order valence-corrected chi connectivity index (χ0v) is 21.3. The van der Waals surface area contributed by atoms with E-state index in [-0.39, 0.29) is 31.3 Å². The van der Waals surface area contributed by atoms with E-state index in [2.05, 4.69) is 65.6 Å². The van der Waals surface area contributed by atoms with Crippen LogP contribution in [0.5, 0.6) is 11.5 Å². The molecule has 0 saturated heterocycles. The first kappa shape index (κ1) is 24.3. The molecule has 6 rings (SSSR count). The summed E-state index contributed by atoms with van der Waals surface area (Å²) in [7, 11) is 0. The normalized spacial score (nSPS) is 17.0.